The summed E-state index contributed by atoms with van der Waals surface area (Å²) in [5, 5.41) is 6.78. The fraction of sp³-hybridized carbons (Fsp3) is 0.600. The first kappa shape index (κ1) is 12.0. The van der Waals surface area contributed by atoms with E-state index in [2.05, 4.69) is 34.9 Å². The van der Waals surface area contributed by atoms with E-state index in [1.165, 1.54) is 18.4 Å². The van der Waals surface area contributed by atoms with Crippen molar-refractivity contribution in [3.05, 3.63) is 29.8 Å². The third-order valence-corrected chi connectivity index (χ3v) is 4.01. The van der Waals surface area contributed by atoms with Crippen molar-refractivity contribution in [2.45, 2.75) is 31.3 Å². The van der Waals surface area contributed by atoms with Gasteiger partial charge in [-0.3, -0.25) is 0 Å². The van der Waals surface area contributed by atoms with Crippen LogP contribution in [0.1, 0.15) is 30.7 Å². The molecule has 3 nitrogen and oxygen atoms in total. The summed E-state index contributed by atoms with van der Waals surface area (Å²) >= 11 is 0. The molecule has 98 valence electrons. The Kier molecular flexibility index (Phi) is 3.81. The minimum absolute atomic E-state index is 0.355. The normalized spacial score (nSPS) is 25.2. The molecule has 1 atom stereocenters. The van der Waals surface area contributed by atoms with E-state index in [4.69, 9.17) is 4.74 Å². The topological polar surface area (TPSA) is 33.3 Å². The van der Waals surface area contributed by atoms with Crippen LogP contribution in [0.3, 0.4) is 0 Å². The maximum Gasteiger partial charge on any atom is 0.123 e. The molecule has 0 unspecified atom stereocenters. The first-order valence-electron chi connectivity index (χ1n) is 7.10. The lowest BCUT2D eigenvalue weighted by Crippen LogP contribution is -2.27. The van der Waals surface area contributed by atoms with Crippen molar-refractivity contribution in [2.75, 3.05) is 26.2 Å². The van der Waals surface area contributed by atoms with Gasteiger partial charge in [-0.2, -0.15) is 0 Å². The lowest BCUT2D eigenvalue weighted by atomic mass is 9.89. The van der Waals surface area contributed by atoms with Gasteiger partial charge in [0, 0.05) is 6.54 Å². The molecule has 2 aliphatic heterocycles. The highest BCUT2D eigenvalue weighted by atomic mass is 16.5. The molecule has 2 heterocycles. The molecule has 0 spiro atoms. The highest BCUT2D eigenvalue weighted by molar-refractivity contribution is 5.36. The summed E-state index contributed by atoms with van der Waals surface area (Å²) in [4.78, 5) is 0. The zero-order valence-electron chi connectivity index (χ0n) is 10.8. The van der Waals surface area contributed by atoms with Crippen LogP contribution in [0.25, 0.3) is 0 Å². The molecule has 0 aliphatic carbocycles. The lowest BCUT2D eigenvalue weighted by Gasteiger charge is -2.26. The average Bonchev–Trinajstić information content (AvgIpc) is 2.93. The number of hydrogen-bond donors (Lipinski definition) is 2. The Hall–Kier alpha value is -1.06. The van der Waals surface area contributed by atoms with E-state index in [9.17, 15) is 0 Å². The number of piperidine rings is 1. The molecule has 3 heteroatoms. The molecule has 2 aliphatic rings. The Morgan fingerprint density at radius 2 is 1.72 bits per heavy atom. The van der Waals surface area contributed by atoms with Crippen molar-refractivity contribution in [3.8, 4) is 5.75 Å². The predicted molar refractivity (Wildman–Crippen MR) is 73.2 cm³/mol. The Morgan fingerprint density at radius 3 is 2.50 bits per heavy atom. The molecule has 18 heavy (non-hydrogen) atoms. The molecular weight excluding hydrogens is 224 g/mol. The number of rotatable bonds is 3. The standard InChI is InChI=1S/C15H22N2O/c1-2-4-15(18-13-7-10-17-11-13)14(3-1)12-5-8-16-9-6-12/h1-4,12-13,16-17H,5-11H2/t13-/m0/s1. The van der Waals surface area contributed by atoms with Crippen molar-refractivity contribution in [1.29, 1.82) is 0 Å². The maximum atomic E-state index is 6.18. The van der Waals surface area contributed by atoms with Crippen LogP contribution in [0.2, 0.25) is 0 Å². The Bertz CT molecular complexity index is 382. The zero-order valence-corrected chi connectivity index (χ0v) is 10.8. The summed E-state index contributed by atoms with van der Waals surface area (Å²) in [6.07, 6.45) is 3.93. The molecule has 2 saturated heterocycles. The quantitative estimate of drug-likeness (QED) is 0.854. The third kappa shape index (κ3) is 2.68. The second-order valence-electron chi connectivity index (χ2n) is 5.29. The first-order chi connectivity index (χ1) is 8.93. The van der Waals surface area contributed by atoms with Gasteiger partial charge in [0.05, 0.1) is 0 Å². The van der Waals surface area contributed by atoms with Gasteiger partial charge in [0.15, 0.2) is 0 Å². The molecule has 2 fully saturated rings. The van der Waals surface area contributed by atoms with E-state index in [1.807, 2.05) is 0 Å². The minimum atomic E-state index is 0.355. The summed E-state index contributed by atoms with van der Waals surface area (Å²) in [6.45, 7) is 4.33. The predicted octanol–water partition coefficient (Wildman–Crippen LogP) is 1.89. The number of benzene rings is 1. The second kappa shape index (κ2) is 5.72. The number of hydrogen-bond acceptors (Lipinski definition) is 3. The van der Waals surface area contributed by atoms with Gasteiger partial charge in [-0.15, -0.1) is 0 Å². The summed E-state index contributed by atoms with van der Waals surface area (Å²) in [5.74, 6) is 1.77. The van der Waals surface area contributed by atoms with Crippen molar-refractivity contribution >= 4 is 0 Å². The largest absolute Gasteiger partial charge is 0.489 e. The van der Waals surface area contributed by atoms with E-state index in [0.717, 1.165) is 38.3 Å². The van der Waals surface area contributed by atoms with Crippen molar-refractivity contribution < 1.29 is 4.74 Å². The van der Waals surface area contributed by atoms with Gasteiger partial charge in [0.25, 0.3) is 0 Å². The van der Waals surface area contributed by atoms with Gasteiger partial charge < -0.3 is 15.4 Å². The number of nitrogens with one attached hydrogen (secondary N) is 2. The monoisotopic (exact) mass is 246 g/mol. The molecule has 0 aromatic heterocycles. The van der Waals surface area contributed by atoms with E-state index in [1.54, 1.807) is 0 Å². The van der Waals surface area contributed by atoms with Crippen LogP contribution in [0, 0.1) is 0 Å². The number of para-hydroxylation sites is 1. The van der Waals surface area contributed by atoms with E-state index in [0.29, 0.717) is 12.0 Å². The van der Waals surface area contributed by atoms with Crippen molar-refractivity contribution in [3.63, 3.8) is 0 Å². The molecule has 0 saturated carbocycles. The van der Waals surface area contributed by atoms with E-state index >= 15 is 0 Å². The zero-order chi connectivity index (χ0) is 12.2. The Labute approximate surface area is 109 Å². The van der Waals surface area contributed by atoms with Crippen molar-refractivity contribution in [2.24, 2.45) is 0 Å². The molecular formula is C15H22N2O. The molecule has 0 bridgehead atoms. The molecule has 1 aromatic carbocycles. The van der Waals surface area contributed by atoms with Gasteiger partial charge in [-0.25, -0.2) is 0 Å². The molecule has 0 radical (unpaired) electrons. The molecule has 3 rings (SSSR count). The van der Waals surface area contributed by atoms with Crippen LogP contribution < -0.4 is 15.4 Å². The second-order valence-corrected chi connectivity index (χ2v) is 5.29. The maximum absolute atomic E-state index is 6.18. The highest BCUT2D eigenvalue weighted by Crippen LogP contribution is 2.33. The van der Waals surface area contributed by atoms with Gasteiger partial charge in [0.1, 0.15) is 11.9 Å². The summed E-state index contributed by atoms with van der Waals surface area (Å²) in [7, 11) is 0. The van der Waals surface area contributed by atoms with Gasteiger partial charge in [-0.05, 0) is 56.4 Å². The fourth-order valence-electron chi connectivity index (χ4n) is 2.97. The van der Waals surface area contributed by atoms with Crippen LogP contribution in [0.4, 0.5) is 0 Å². The smallest absolute Gasteiger partial charge is 0.123 e. The van der Waals surface area contributed by atoms with Crippen LogP contribution in [0.5, 0.6) is 5.75 Å². The van der Waals surface area contributed by atoms with Gasteiger partial charge in [0.2, 0.25) is 0 Å². The summed E-state index contributed by atoms with van der Waals surface area (Å²) in [6, 6.07) is 8.60. The summed E-state index contributed by atoms with van der Waals surface area (Å²) < 4.78 is 6.18. The van der Waals surface area contributed by atoms with Gasteiger partial charge >= 0.3 is 0 Å². The third-order valence-electron chi connectivity index (χ3n) is 4.01. The molecule has 0 amide bonds. The lowest BCUT2D eigenvalue weighted by molar-refractivity contribution is 0.218. The Balaban J connectivity index is 1.75. The first-order valence-corrected chi connectivity index (χ1v) is 7.10. The van der Waals surface area contributed by atoms with Crippen molar-refractivity contribution in [1.82, 2.24) is 10.6 Å². The molecule has 2 N–H and O–H groups in total. The average molecular weight is 246 g/mol. The number of ether oxygens (including phenoxy) is 1. The fourth-order valence-corrected chi connectivity index (χ4v) is 2.97. The van der Waals surface area contributed by atoms with Gasteiger partial charge in [-0.1, -0.05) is 18.2 Å². The Morgan fingerprint density at radius 1 is 0.944 bits per heavy atom. The van der Waals surface area contributed by atoms with E-state index in [-0.39, 0.29) is 0 Å². The summed E-state index contributed by atoms with van der Waals surface area (Å²) in [5.41, 5.74) is 1.41. The van der Waals surface area contributed by atoms with Crippen LogP contribution in [-0.2, 0) is 0 Å². The van der Waals surface area contributed by atoms with E-state index < -0.39 is 0 Å². The SMILES string of the molecule is c1ccc(C2CCNCC2)c(O[C@H]2CCNC2)c1. The van der Waals surface area contributed by atoms with Crippen LogP contribution >= 0.6 is 0 Å². The van der Waals surface area contributed by atoms with Crippen LogP contribution in [-0.4, -0.2) is 32.3 Å². The highest BCUT2D eigenvalue weighted by Gasteiger charge is 2.21. The van der Waals surface area contributed by atoms with Crippen LogP contribution in [0.15, 0.2) is 24.3 Å². The minimum Gasteiger partial charge on any atom is -0.489 e. The molecule has 1 aromatic rings.